The molecule has 1 aromatic heterocycles. The minimum Gasteiger partial charge on any atom is -0.483 e. The molecule has 3 aromatic rings. The molecule has 0 aliphatic heterocycles. The van der Waals surface area contributed by atoms with Crippen LogP contribution in [-0.2, 0) is 16.1 Å². The van der Waals surface area contributed by atoms with Crippen molar-refractivity contribution in [1.82, 2.24) is 9.55 Å². The first kappa shape index (κ1) is 18.3. The van der Waals surface area contributed by atoms with Crippen LogP contribution in [0.2, 0.25) is 5.02 Å². The molecule has 5 nitrogen and oxygen atoms in total. The Morgan fingerprint density at radius 2 is 2.04 bits per heavy atom. The van der Waals surface area contributed by atoms with Crippen molar-refractivity contribution in [3.05, 3.63) is 58.9 Å². The molecule has 0 spiro atoms. The number of halogens is 1. The number of hydrogen-bond donors (Lipinski definition) is 0. The van der Waals surface area contributed by atoms with Crippen LogP contribution in [0, 0.1) is 6.92 Å². The lowest BCUT2D eigenvalue weighted by Crippen LogP contribution is -2.18. The fourth-order valence-corrected chi connectivity index (χ4v) is 2.97. The van der Waals surface area contributed by atoms with Crippen LogP contribution in [0.25, 0.3) is 11.0 Å². The number of rotatable bonds is 6. The molecule has 0 bridgehead atoms. The molecule has 0 radical (unpaired) electrons. The lowest BCUT2D eigenvalue weighted by atomic mass is 10.2. The van der Waals surface area contributed by atoms with Gasteiger partial charge in [-0.15, -0.1) is 0 Å². The average molecular weight is 373 g/mol. The van der Waals surface area contributed by atoms with Gasteiger partial charge in [0, 0.05) is 5.02 Å². The zero-order chi connectivity index (χ0) is 18.7. The van der Waals surface area contributed by atoms with Gasteiger partial charge in [-0.1, -0.05) is 23.7 Å². The molecular formula is C20H21ClN2O3. The van der Waals surface area contributed by atoms with E-state index in [0.29, 0.717) is 23.2 Å². The molecular weight excluding hydrogens is 352 g/mol. The second-order valence-electron chi connectivity index (χ2n) is 6.02. The first-order valence-electron chi connectivity index (χ1n) is 8.53. The topological polar surface area (TPSA) is 53.4 Å². The third kappa shape index (κ3) is 3.83. The minimum atomic E-state index is -0.350. The summed E-state index contributed by atoms with van der Waals surface area (Å²) >= 11 is 6.08. The summed E-state index contributed by atoms with van der Waals surface area (Å²) in [5.41, 5.74) is 2.63. The highest BCUT2D eigenvalue weighted by Gasteiger charge is 2.20. The van der Waals surface area contributed by atoms with E-state index in [2.05, 4.69) is 4.98 Å². The molecule has 1 heterocycles. The molecule has 0 saturated carbocycles. The van der Waals surface area contributed by atoms with Crippen LogP contribution in [0.5, 0.6) is 5.75 Å². The van der Waals surface area contributed by atoms with Gasteiger partial charge in [-0.05, 0) is 56.7 Å². The van der Waals surface area contributed by atoms with Gasteiger partial charge in [0.05, 0.1) is 17.6 Å². The van der Waals surface area contributed by atoms with Gasteiger partial charge in [-0.3, -0.25) is 4.79 Å². The number of aromatic nitrogens is 2. The Balaban J connectivity index is 1.94. The number of benzene rings is 2. The predicted molar refractivity (Wildman–Crippen MR) is 102 cm³/mol. The van der Waals surface area contributed by atoms with Crippen LogP contribution in [0.4, 0.5) is 0 Å². The van der Waals surface area contributed by atoms with Crippen LogP contribution in [-0.4, -0.2) is 22.1 Å². The molecule has 136 valence electrons. The van der Waals surface area contributed by atoms with E-state index in [1.165, 1.54) is 0 Å². The van der Waals surface area contributed by atoms with Crippen LogP contribution in [0.1, 0.15) is 31.3 Å². The van der Waals surface area contributed by atoms with Gasteiger partial charge in [0.15, 0.2) is 11.9 Å². The van der Waals surface area contributed by atoms with Crippen LogP contribution < -0.4 is 4.74 Å². The number of aryl methyl sites for hydroxylation is 1. The normalized spacial score (nSPS) is 12.2. The summed E-state index contributed by atoms with van der Waals surface area (Å²) in [6.45, 7) is 6.07. The number of para-hydroxylation sites is 2. The highest BCUT2D eigenvalue weighted by Crippen LogP contribution is 2.27. The van der Waals surface area contributed by atoms with Gasteiger partial charge >= 0.3 is 5.97 Å². The number of carbonyl (C=O) groups excluding carboxylic acids is 1. The molecule has 0 N–H and O–H groups in total. The average Bonchev–Trinajstić information content (AvgIpc) is 2.97. The van der Waals surface area contributed by atoms with E-state index in [0.717, 1.165) is 16.6 Å². The van der Waals surface area contributed by atoms with E-state index in [1.54, 1.807) is 13.0 Å². The monoisotopic (exact) mass is 372 g/mol. The second-order valence-corrected chi connectivity index (χ2v) is 6.43. The number of imidazole rings is 1. The molecule has 0 fully saturated rings. The zero-order valence-electron chi connectivity index (χ0n) is 15.0. The molecule has 26 heavy (non-hydrogen) atoms. The number of esters is 1. The van der Waals surface area contributed by atoms with Gasteiger partial charge in [-0.25, -0.2) is 4.98 Å². The molecule has 3 rings (SSSR count). The van der Waals surface area contributed by atoms with Gasteiger partial charge in [-0.2, -0.15) is 0 Å². The summed E-state index contributed by atoms with van der Waals surface area (Å²) in [7, 11) is 0. The predicted octanol–water partition coefficient (Wildman–Crippen LogP) is 4.70. The maximum absolute atomic E-state index is 12.0. The molecule has 6 heteroatoms. The largest absolute Gasteiger partial charge is 0.483 e. The first-order valence-corrected chi connectivity index (χ1v) is 8.91. The number of fused-ring (bicyclic) bond motifs is 1. The number of hydrogen-bond acceptors (Lipinski definition) is 4. The van der Waals surface area contributed by atoms with Crippen molar-refractivity contribution < 1.29 is 14.3 Å². The Morgan fingerprint density at radius 1 is 1.27 bits per heavy atom. The van der Waals surface area contributed by atoms with Crippen LogP contribution in [0.3, 0.4) is 0 Å². The van der Waals surface area contributed by atoms with Gasteiger partial charge in [0.25, 0.3) is 0 Å². The van der Waals surface area contributed by atoms with Gasteiger partial charge in [0.2, 0.25) is 0 Å². The van der Waals surface area contributed by atoms with Crippen molar-refractivity contribution >= 4 is 28.6 Å². The molecule has 0 amide bonds. The van der Waals surface area contributed by atoms with E-state index in [4.69, 9.17) is 21.1 Å². The quantitative estimate of drug-likeness (QED) is 0.588. The third-order valence-electron chi connectivity index (χ3n) is 4.08. The van der Waals surface area contributed by atoms with Crippen molar-refractivity contribution in [2.24, 2.45) is 0 Å². The van der Waals surface area contributed by atoms with Gasteiger partial charge in [0.1, 0.15) is 12.3 Å². The van der Waals surface area contributed by atoms with E-state index in [1.807, 2.05) is 54.8 Å². The Labute approximate surface area is 157 Å². The molecule has 0 aliphatic carbocycles. The van der Waals surface area contributed by atoms with E-state index in [-0.39, 0.29) is 18.6 Å². The SMILES string of the molecule is CCOC(=O)Cn1c(C(C)Oc2ccc(Cl)c(C)c2)nc2ccccc21. The summed E-state index contributed by atoms with van der Waals surface area (Å²) in [4.78, 5) is 16.7. The highest BCUT2D eigenvalue weighted by atomic mass is 35.5. The number of nitrogens with zero attached hydrogens (tertiary/aromatic N) is 2. The lowest BCUT2D eigenvalue weighted by Gasteiger charge is -2.17. The highest BCUT2D eigenvalue weighted by molar-refractivity contribution is 6.31. The fourth-order valence-electron chi connectivity index (χ4n) is 2.85. The Kier molecular flexibility index (Phi) is 5.47. The van der Waals surface area contributed by atoms with Crippen molar-refractivity contribution in [2.45, 2.75) is 33.4 Å². The van der Waals surface area contributed by atoms with Crippen molar-refractivity contribution in [2.75, 3.05) is 6.61 Å². The fraction of sp³-hybridized carbons (Fsp3) is 0.300. The maximum Gasteiger partial charge on any atom is 0.326 e. The minimum absolute atomic E-state index is 0.0943. The van der Waals surface area contributed by atoms with E-state index < -0.39 is 0 Å². The Morgan fingerprint density at radius 3 is 2.77 bits per heavy atom. The summed E-state index contributed by atoms with van der Waals surface area (Å²) < 4.78 is 13.0. The molecule has 0 saturated heterocycles. The summed E-state index contributed by atoms with van der Waals surface area (Å²) in [6.07, 6.45) is -0.350. The second kappa shape index (κ2) is 7.79. The molecule has 2 aromatic carbocycles. The Hall–Kier alpha value is -2.53. The van der Waals surface area contributed by atoms with Crippen molar-refractivity contribution in [3.8, 4) is 5.75 Å². The van der Waals surface area contributed by atoms with Gasteiger partial charge < -0.3 is 14.0 Å². The van der Waals surface area contributed by atoms with Crippen molar-refractivity contribution in [1.29, 1.82) is 0 Å². The summed E-state index contributed by atoms with van der Waals surface area (Å²) in [6, 6.07) is 13.2. The zero-order valence-corrected chi connectivity index (χ0v) is 15.8. The third-order valence-corrected chi connectivity index (χ3v) is 4.51. The smallest absolute Gasteiger partial charge is 0.326 e. The number of ether oxygens (including phenoxy) is 2. The summed E-state index contributed by atoms with van der Waals surface area (Å²) in [5.74, 6) is 1.08. The van der Waals surface area contributed by atoms with Crippen LogP contribution >= 0.6 is 11.6 Å². The van der Waals surface area contributed by atoms with Crippen molar-refractivity contribution in [3.63, 3.8) is 0 Å². The summed E-state index contributed by atoms with van der Waals surface area (Å²) in [5, 5.41) is 0.694. The Bertz CT molecular complexity index is 936. The molecule has 0 aliphatic rings. The van der Waals surface area contributed by atoms with Crippen LogP contribution in [0.15, 0.2) is 42.5 Å². The number of carbonyl (C=O) groups is 1. The lowest BCUT2D eigenvalue weighted by molar-refractivity contribution is -0.143. The standard InChI is InChI=1S/C20H21ClN2O3/c1-4-25-19(24)12-23-18-8-6-5-7-17(18)22-20(23)14(3)26-15-9-10-16(21)13(2)11-15/h5-11,14H,4,12H2,1-3H3. The molecule has 1 atom stereocenters. The maximum atomic E-state index is 12.0. The van der Waals surface area contributed by atoms with E-state index in [9.17, 15) is 4.79 Å². The molecule has 1 unspecified atom stereocenters. The van der Waals surface area contributed by atoms with E-state index >= 15 is 0 Å². The first-order chi connectivity index (χ1) is 12.5.